The molecule has 0 aliphatic heterocycles. The second-order valence-electron chi connectivity index (χ2n) is 6.42. The van der Waals surface area contributed by atoms with E-state index in [1.807, 2.05) is 0 Å². The predicted octanol–water partition coefficient (Wildman–Crippen LogP) is 2.63. The Morgan fingerprint density at radius 3 is 2.42 bits per heavy atom. The molecule has 0 saturated heterocycles. The van der Waals surface area contributed by atoms with Crippen LogP contribution < -0.4 is 11.0 Å². The Morgan fingerprint density at radius 2 is 1.92 bits per heavy atom. The van der Waals surface area contributed by atoms with Crippen molar-refractivity contribution in [2.24, 2.45) is 5.41 Å². The van der Waals surface area contributed by atoms with Gasteiger partial charge in [0.25, 0.3) is 5.91 Å². The third-order valence-electron chi connectivity index (χ3n) is 3.41. The van der Waals surface area contributed by atoms with Crippen molar-refractivity contribution in [1.29, 1.82) is 0 Å². The van der Waals surface area contributed by atoms with Crippen LogP contribution in [0, 0.1) is 5.41 Å². The highest BCUT2D eigenvalue weighted by Crippen LogP contribution is 2.36. The van der Waals surface area contributed by atoms with Crippen LogP contribution in [0.2, 0.25) is 0 Å². The molecule has 2 aromatic rings. The van der Waals surface area contributed by atoms with E-state index in [0.717, 1.165) is 12.1 Å². The first kappa shape index (κ1) is 17.8. The van der Waals surface area contributed by atoms with Gasteiger partial charge < -0.3 is 5.32 Å². The minimum atomic E-state index is -4.48. The number of carbonyl (C=O) groups excluding carboxylic acids is 1. The first-order valence-electron chi connectivity index (χ1n) is 7.11. The molecule has 0 saturated carbocycles. The van der Waals surface area contributed by atoms with Gasteiger partial charge in [0.1, 0.15) is 0 Å². The van der Waals surface area contributed by atoms with Crippen molar-refractivity contribution in [1.82, 2.24) is 20.5 Å². The lowest BCUT2D eigenvalue weighted by molar-refractivity contribution is -0.137. The number of H-pyrrole nitrogens is 2. The molecule has 3 N–H and O–H groups in total. The van der Waals surface area contributed by atoms with E-state index in [9.17, 15) is 22.8 Å². The van der Waals surface area contributed by atoms with Crippen molar-refractivity contribution in [3.63, 3.8) is 0 Å². The Bertz CT molecular complexity index is 787. The maximum atomic E-state index is 12.9. The molecule has 1 atom stereocenters. The molecule has 1 amide bonds. The Morgan fingerprint density at radius 1 is 1.25 bits per heavy atom. The average molecular weight is 342 g/mol. The number of amides is 1. The maximum Gasteiger partial charge on any atom is 0.416 e. The van der Waals surface area contributed by atoms with Gasteiger partial charge in [-0.05, 0) is 23.1 Å². The number of hydrogen-bond donors (Lipinski definition) is 3. The van der Waals surface area contributed by atoms with Gasteiger partial charge in [-0.1, -0.05) is 32.9 Å². The lowest BCUT2D eigenvalue weighted by Gasteiger charge is -2.32. The first-order valence-corrected chi connectivity index (χ1v) is 7.11. The van der Waals surface area contributed by atoms with Crippen molar-refractivity contribution in [2.75, 3.05) is 0 Å². The van der Waals surface area contributed by atoms with Crippen LogP contribution in [0.3, 0.4) is 0 Å². The smallest absolute Gasteiger partial charge is 0.342 e. The van der Waals surface area contributed by atoms with Crippen molar-refractivity contribution < 1.29 is 18.0 Å². The summed E-state index contributed by atoms with van der Waals surface area (Å²) < 4.78 is 38.8. The number of alkyl halides is 3. The number of halogens is 3. The highest BCUT2D eigenvalue weighted by atomic mass is 19.4. The molecular formula is C15H17F3N4O2. The number of aromatic nitrogens is 3. The standard InChI is InChI=1S/C15H17F3N4O2/c1-14(2,3)10(19-12(23)11-20-13(24)22-21-11)8-5-4-6-9(7-8)15(16,17)18/h4-7,10H,1-3H3,(H,19,23)(H2,20,21,22,24)/t10-/m0/s1. The van der Waals surface area contributed by atoms with Crippen LogP contribution in [0.4, 0.5) is 13.2 Å². The molecule has 24 heavy (non-hydrogen) atoms. The normalized spacial score (nSPS) is 13.6. The van der Waals surface area contributed by atoms with E-state index in [4.69, 9.17) is 0 Å². The molecule has 9 heteroatoms. The van der Waals surface area contributed by atoms with Crippen molar-refractivity contribution in [3.05, 3.63) is 51.7 Å². The van der Waals surface area contributed by atoms with Gasteiger partial charge in [0.2, 0.25) is 5.82 Å². The molecule has 0 bridgehead atoms. The lowest BCUT2D eigenvalue weighted by Crippen LogP contribution is -2.37. The fourth-order valence-corrected chi connectivity index (χ4v) is 2.27. The monoisotopic (exact) mass is 342 g/mol. The number of carbonyl (C=O) groups is 1. The Labute approximate surface area is 135 Å². The summed E-state index contributed by atoms with van der Waals surface area (Å²) in [6.45, 7) is 5.35. The van der Waals surface area contributed by atoms with Crippen LogP contribution >= 0.6 is 0 Å². The third-order valence-corrected chi connectivity index (χ3v) is 3.41. The molecule has 1 aromatic carbocycles. The quantitative estimate of drug-likeness (QED) is 0.801. The molecular weight excluding hydrogens is 325 g/mol. The van der Waals surface area contributed by atoms with Crippen LogP contribution in [-0.4, -0.2) is 21.1 Å². The van der Waals surface area contributed by atoms with Crippen LogP contribution in [0.1, 0.15) is 48.6 Å². The van der Waals surface area contributed by atoms with Crippen LogP contribution in [-0.2, 0) is 6.18 Å². The van der Waals surface area contributed by atoms with E-state index >= 15 is 0 Å². The van der Waals surface area contributed by atoms with E-state index < -0.39 is 34.8 Å². The second kappa shape index (κ2) is 6.14. The van der Waals surface area contributed by atoms with E-state index in [1.54, 1.807) is 20.8 Å². The largest absolute Gasteiger partial charge is 0.416 e. The second-order valence-corrected chi connectivity index (χ2v) is 6.42. The number of benzene rings is 1. The molecule has 0 aliphatic rings. The summed E-state index contributed by atoms with van der Waals surface area (Å²) >= 11 is 0. The zero-order valence-corrected chi connectivity index (χ0v) is 13.3. The van der Waals surface area contributed by atoms with E-state index in [-0.39, 0.29) is 5.82 Å². The fraction of sp³-hybridized carbons (Fsp3) is 0.400. The van der Waals surface area contributed by atoms with Gasteiger partial charge in [-0.15, -0.1) is 5.10 Å². The summed E-state index contributed by atoms with van der Waals surface area (Å²) in [6, 6.07) is 4.06. The van der Waals surface area contributed by atoms with Gasteiger partial charge >= 0.3 is 11.9 Å². The van der Waals surface area contributed by atoms with Crippen molar-refractivity contribution in [2.45, 2.75) is 33.0 Å². The summed E-state index contributed by atoms with van der Waals surface area (Å²) in [5.41, 5.74) is -1.71. The van der Waals surface area contributed by atoms with Gasteiger partial charge in [-0.25, -0.2) is 9.89 Å². The van der Waals surface area contributed by atoms with Gasteiger partial charge in [-0.2, -0.15) is 13.2 Å². The molecule has 130 valence electrons. The van der Waals surface area contributed by atoms with Gasteiger partial charge in [0, 0.05) is 0 Å². The Balaban J connectivity index is 2.36. The predicted molar refractivity (Wildman–Crippen MR) is 80.3 cm³/mol. The van der Waals surface area contributed by atoms with Crippen LogP contribution in [0.15, 0.2) is 29.1 Å². The molecule has 0 fully saturated rings. The third kappa shape index (κ3) is 4.03. The van der Waals surface area contributed by atoms with E-state index in [2.05, 4.69) is 20.5 Å². The van der Waals surface area contributed by atoms with Crippen LogP contribution in [0.5, 0.6) is 0 Å². The van der Waals surface area contributed by atoms with Gasteiger partial charge in [-0.3, -0.25) is 9.78 Å². The minimum absolute atomic E-state index is 0.235. The summed E-state index contributed by atoms with van der Waals surface area (Å²) in [6.07, 6.45) is -4.48. The highest BCUT2D eigenvalue weighted by Gasteiger charge is 2.34. The summed E-state index contributed by atoms with van der Waals surface area (Å²) in [5.74, 6) is -0.924. The topological polar surface area (TPSA) is 90.6 Å². The minimum Gasteiger partial charge on any atom is -0.342 e. The van der Waals surface area contributed by atoms with Gasteiger partial charge in [0.15, 0.2) is 0 Å². The zero-order valence-electron chi connectivity index (χ0n) is 13.3. The Hall–Kier alpha value is -2.58. The molecule has 1 heterocycles. The molecule has 0 unspecified atom stereocenters. The fourth-order valence-electron chi connectivity index (χ4n) is 2.27. The molecule has 1 aromatic heterocycles. The summed E-state index contributed by atoms with van der Waals surface area (Å²) in [4.78, 5) is 25.4. The SMILES string of the molecule is CC(C)(C)[C@@H](NC(=O)c1n[nH]c(=O)[nH]1)c1cccc(C(F)(F)F)c1. The van der Waals surface area contributed by atoms with Crippen LogP contribution in [0.25, 0.3) is 0 Å². The Kier molecular flexibility index (Phi) is 4.54. The highest BCUT2D eigenvalue weighted by molar-refractivity contribution is 5.90. The van der Waals surface area contributed by atoms with Crippen molar-refractivity contribution in [3.8, 4) is 0 Å². The number of rotatable bonds is 3. The number of nitrogens with zero attached hydrogens (tertiary/aromatic N) is 1. The first-order chi connectivity index (χ1) is 11.0. The molecule has 0 spiro atoms. The lowest BCUT2D eigenvalue weighted by atomic mass is 9.82. The number of aromatic amines is 2. The van der Waals surface area contributed by atoms with E-state index in [1.165, 1.54) is 12.1 Å². The zero-order chi connectivity index (χ0) is 18.1. The van der Waals surface area contributed by atoms with Gasteiger partial charge in [0.05, 0.1) is 11.6 Å². The molecule has 2 rings (SSSR count). The summed E-state index contributed by atoms with van der Waals surface area (Å²) in [7, 11) is 0. The summed E-state index contributed by atoms with van der Waals surface area (Å²) in [5, 5.41) is 8.20. The molecule has 6 nitrogen and oxygen atoms in total. The number of nitrogens with one attached hydrogen (secondary N) is 3. The molecule has 0 aliphatic carbocycles. The molecule has 0 radical (unpaired) electrons. The van der Waals surface area contributed by atoms with E-state index in [0.29, 0.717) is 5.56 Å². The maximum absolute atomic E-state index is 12.9. The average Bonchev–Trinajstić information content (AvgIpc) is 2.89. The van der Waals surface area contributed by atoms with Crippen molar-refractivity contribution >= 4 is 5.91 Å². The number of hydrogen-bond acceptors (Lipinski definition) is 3.